The fraction of sp³-hybridized carbons (Fsp3) is 0.389. The predicted molar refractivity (Wildman–Crippen MR) is 104 cm³/mol. The predicted octanol–water partition coefficient (Wildman–Crippen LogP) is 1.72. The quantitative estimate of drug-likeness (QED) is 0.555. The number of aromatic nitrogens is 2. The number of aryl methyl sites for hydroxylation is 2. The molecule has 1 aromatic heterocycles. The molecule has 0 saturated carbocycles. The molecule has 1 aromatic carbocycles. The van der Waals surface area contributed by atoms with E-state index in [4.69, 9.17) is 0 Å². The molecule has 9 heteroatoms. The second-order valence-electron chi connectivity index (χ2n) is 6.37. The standard InChI is InChI=1S/C18H22N4O3S2/c1-14-4-5-15(2)16(12-14)27(24,25)22-10-8-21(9-11-22)17(23)13-26-18-19-6-3-7-20-18/h3-7,12H,8-11,13H2,1-2H3. The number of carbonyl (C=O) groups is 1. The van der Waals surface area contributed by atoms with Crippen LogP contribution in [0.2, 0.25) is 0 Å². The molecule has 3 rings (SSSR count). The number of nitrogens with zero attached hydrogens (tertiary/aromatic N) is 4. The summed E-state index contributed by atoms with van der Waals surface area (Å²) in [5, 5.41) is 0.557. The minimum atomic E-state index is -3.55. The van der Waals surface area contributed by atoms with Crippen LogP contribution in [0.25, 0.3) is 0 Å². The lowest BCUT2D eigenvalue weighted by Crippen LogP contribution is -2.51. The molecule has 0 atom stereocenters. The highest BCUT2D eigenvalue weighted by Crippen LogP contribution is 2.23. The number of thioether (sulfide) groups is 1. The van der Waals surface area contributed by atoms with E-state index in [-0.39, 0.29) is 11.7 Å². The average Bonchev–Trinajstić information content (AvgIpc) is 2.68. The van der Waals surface area contributed by atoms with Crippen LogP contribution in [0.15, 0.2) is 46.7 Å². The summed E-state index contributed by atoms with van der Waals surface area (Å²) < 4.78 is 27.4. The van der Waals surface area contributed by atoms with Gasteiger partial charge in [0.1, 0.15) is 0 Å². The van der Waals surface area contributed by atoms with Crippen LogP contribution in [0.3, 0.4) is 0 Å². The lowest BCUT2D eigenvalue weighted by Gasteiger charge is -2.34. The van der Waals surface area contributed by atoms with E-state index in [0.717, 1.165) is 11.1 Å². The molecule has 0 spiro atoms. The first-order valence-electron chi connectivity index (χ1n) is 8.63. The zero-order valence-electron chi connectivity index (χ0n) is 15.3. The van der Waals surface area contributed by atoms with Gasteiger partial charge in [0.2, 0.25) is 15.9 Å². The first-order valence-corrected chi connectivity index (χ1v) is 11.1. The van der Waals surface area contributed by atoms with Gasteiger partial charge in [0.25, 0.3) is 0 Å². The maximum absolute atomic E-state index is 12.9. The summed E-state index contributed by atoms with van der Waals surface area (Å²) in [6.07, 6.45) is 3.27. The molecule has 27 heavy (non-hydrogen) atoms. The van der Waals surface area contributed by atoms with Crippen molar-refractivity contribution in [3.8, 4) is 0 Å². The highest BCUT2D eigenvalue weighted by atomic mass is 32.2. The van der Waals surface area contributed by atoms with E-state index in [0.29, 0.717) is 36.2 Å². The summed E-state index contributed by atoms with van der Waals surface area (Å²) in [7, 11) is -3.55. The maximum atomic E-state index is 12.9. The molecular formula is C18H22N4O3S2. The van der Waals surface area contributed by atoms with Crippen LogP contribution in [-0.4, -0.2) is 65.4 Å². The van der Waals surface area contributed by atoms with E-state index in [2.05, 4.69) is 9.97 Å². The van der Waals surface area contributed by atoms with Gasteiger partial charge >= 0.3 is 0 Å². The SMILES string of the molecule is Cc1ccc(C)c(S(=O)(=O)N2CCN(C(=O)CSc3ncccn3)CC2)c1. The lowest BCUT2D eigenvalue weighted by molar-refractivity contribution is -0.129. The summed E-state index contributed by atoms with van der Waals surface area (Å²) in [6, 6.07) is 7.16. The molecule has 0 aliphatic carbocycles. The van der Waals surface area contributed by atoms with Gasteiger partial charge in [0.05, 0.1) is 10.6 Å². The van der Waals surface area contributed by atoms with Crippen molar-refractivity contribution in [2.75, 3.05) is 31.9 Å². The van der Waals surface area contributed by atoms with Crippen LogP contribution in [0, 0.1) is 13.8 Å². The van der Waals surface area contributed by atoms with Gasteiger partial charge in [-0.25, -0.2) is 18.4 Å². The summed E-state index contributed by atoms with van der Waals surface area (Å²) in [5.41, 5.74) is 1.64. The number of carbonyl (C=O) groups excluding carboxylic acids is 1. The fourth-order valence-corrected chi connectivity index (χ4v) is 5.32. The van der Waals surface area contributed by atoms with Crippen LogP contribution < -0.4 is 0 Å². The minimum Gasteiger partial charge on any atom is -0.339 e. The topological polar surface area (TPSA) is 83.5 Å². The number of amides is 1. The lowest BCUT2D eigenvalue weighted by atomic mass is 10.2. The summed E-state index contributed by atoms with van der Waals surface area (Å²) in [6.45, 7) is 5.05. The second kappa shape index (κ2) is 8.37. The first kappa shape index (κ1) is 19.8. The largest absolute Gasteiger partial charge is 0.339 e. The monoisotopic (exact) mass is 406 g/mol. The molecule has 7 nitrogen and oxygen atoms in total. The summed E-state index contributed by atoms with van der Waals surface area (Å²) >= 11 is 1.28. The molecule has 0 radical (unpaired) electrons. The Kier molecular flexibility index (Phi) is 6.13. The Bertz CT molecular complexity index is 911. The van der Waals surface area contributed by atoms with Gasteiger partial charge in [-0.2, -0.15) is 4.31 Å². The maximum Gasteiger partial charge on any atom is 0.243 e. The van der Waals surface area contributed by atoms with Crippen molar-refractivity contribution in [1.29, 1.82) is 0 Å². The Hall–Kier alpha value is -1.97. The Balaban J connectivity index is 1.59. The van der Waals surface area contributed by atoms with Crippen molar-refractivity contribution < 1.29 is 13.2 Å². The van der Waals surface area contributed by atoms with Crippen LogP contribution in [0.5, 0.6) is 0 Å². The Morgan fingerprint density at radius 2 is 1.78 bits per heavy atom. The Morgan fingerprint density at radius 1 is 1.11 bits per heavy atom. The Morgan fingerprint density at radius 3 is 2.44 bits per heavy atom. The van der Waals surface area contributed by atoms with Crippen molar-refractivity contribution in [3.63, 3.8) is 0 Å². The third-order valence-electron chi connectivity index (χ3n) is 4.42. The van der Waals surface area contributed by atoms with E-state index in [1.807, 2.05) is 19.1 Å². The van der Waals surface area contributed by atoms with Crippen molar-refractivity contribution in [1.82, 2.24) is 19.2 Å². The molecule has 1 aliphatic rings. The molecule has 1 aliphatic heterocycles. The summed E-state index contributed by atoms with van der Waals surface area (Å²) in [4.78, 5) is 22.6. The average molecular weight is 407 g/mol. The molecular weight excluding hydrogens is 384 g/mol. The number of piperazine rings is 1. The molecule has 2 aromatic rings. The first-order chi connectivity index (χ1) is 12.9. The van der Waals surface area contributed by atoms with Crippen molar-refractivity contribution in [3.05, 3.63) is 47.8 Å². The van der Waals surface area contributed by atoms with E-state index >= 15 is 0 Å². The van der Waals surface area contributed by atoms with Crippen LogP contribution in [0.4, 0.5) is 0 Å². The molecule has 1 saturated heterocycles. The number of hydrogen-bond acceptors (Lipinski definition) is 6. The van der Waals surface area contributed by atoms with E-state index in [1.165, 1.54) is 16.1 Å². The van der Waals surface area contributed by atoms with E-state index < -0.39 is 10.0 Å². The van der Waals surface area contributed by atoms with Crippen molar-refractivity contribution in [2.45, 2.75) is 23.9 Å². The van der Waals surface area contributed by atoms with Gasteiger partial charge in [-0.1, -0.05) is 23.9 Å². The third-order valence-corrected chi connectivity index (χ3v) is 7.32. The van der Waals surface area contributed by atoms with Crippen molar-refractivity contribution in [2.24, 2.45) is 0 Å². The normalized spacial score (nSPS) is 15.7. The molecule has 0 unspecified atom stereocenters. The molecule has 1 amide bonds. The highest BCUT2D eigenvalue weighted by molar-refractivity contribution is 7.99. The third kappa shape index (κ3) is 4.66. The van der Waals surface area contributed by atoms with Crippen LogP contribution in [0.1, 0.15) is 11.1 Å². The molecule has 2 heterocycles. The molecule has 0 N–H and O–H groups in total. The van der Waals surface area contributed by atoms with Crippen LogP contribution in [-0.2, 0) is 14.8 Å². The smallest absolute Gasteiger partial charge is 0.243 e. The number of rotatable bonds is 5. The van der Waals surface area contributed by atoms with Gasteiger partial charge in [-0.05, 0) is 37.1 Å². The minimum absolute atomic E-state index is 0.0313. The molecule has 1 fully saturated rings. The van der Waals surface area contributed by atoms with E-state index in [1.54, 1.807) is 36.4 Å². The molecule has 0 bridgehead atoms. The number of benzene rings is 1. The zero-order valence-corrected chi connectivity index (χ0v) is 17.0. The van der Waals surface area contributed by atoms with E-state index in [9.17, 15) is 13.2 Å². The second-order valence-corrected chi connectivity index (χ2v) is 9.22. The summed E-state index contributed by atoms with van der Waals surface area (Å²) in [5.74, 6) is 0.213. The van der Waals surface area contributed by atoms with Crippen molar-refractivity contribution >= 4 is 27.7 Å². The molecule has 144 valence electrons. The Labute approximate surface area is 163 Å². The van der Waals surface area contributed by atoms with Gasteiger partial charge < -0.3 is 4.90 Å². The fourth-order valence-electron chi connectivity index (χ4n) is 2.88. The van der Waals surface area contributed by atoms with Gasteiger partial charge in [0.15, 0.2) is 5.16 Å². The van der Waals surface area contributed by atoms with Gasteiger partial charge in [-0.15, -0.1) is 0 Å². The highest BCUT2D eigenvalue weighted by Gasteiger charge is 2.31. The zero-order chi connectivity index (χ0) is 19.4. The van der Waals surface area contributed by atoms with Gasteiger partial charge in [-0.3, -0.25) is 4.79 Å². The van der Waals surface area contributed by atoms with Crippen LogP contribution >= 0.6 is 11.8 Å². The number of sulfonamides is 1. The number of hydrogen-bond donors (Lipinski definition) is 0. The van der Waals surface area contributed by atoms with Gasteiger partial charge in [0, 0.05) is 38.6 Å².